The van der Waals surface area contributed by atoms with Gasteiger partial charge in [-0.05, 0) is 26.9 Å². The normalized spacial score (nSPS) is 32.9. The lowest BCUT2D eigenvalue weighted by Crippen LogP contribution is -2.54. The minimum absolute atomic E-state index is 0.139. The van der Waals surface area contributed by atoms with Gasteiger partial charge in [0.2, 0.25) is 5.91 Å². The van der Waals surface area contributed by atoms with E-state index in [0.717, 1.165) is 39.1 Å². The van der Waals surface area contributed by atoms with Crippen LogP contribution < -0.4 is 10.7 Å². The molecule has 2 saturated heterocycles. The fourth-order valence-electron chi connectivity index (χ4n) is 2.37. The topological polar surface area (TPSA) is 47.6 Å². The summed E-state index contributed by atoms with van der Waals surface area (Å²) in [5.74, 6) is 0.321. The lowest BCUT2D eigenvalue weighted by atomic mass is 10.0. The van der Waals surface area contributed by atoms with E-state index in [2.05, 4.69) is 29.6 Å². The summed E-state index contributed by atoms with van der Waals surface area (Å²) in [5.41, 5.74) is 3.04. The van der Waals surface area contributed by atoms with Crippen LogP contribution in [0.1, 0.15) is 13.3 Å². The molecule has 2 N–H and O–H groups in total. The second-order valence-electron chi connectivity index (χ2n) is 4.90. The van der Waals surface area contributed by atoms with Gasteiger partial charge in [0.05, 0.1) is 5.92 Å². The molecule has 0 aliphatic carbocycles. The molecule has 2 atom stereocenters. The number of likely N-dealkylation sites (N-methyl/N-ethyl adjacent to an activating group) is 1. The van der Waals surface area contributed by atoms with E-state index in [1.165, 1.54) is 0 Å². The molecular weight excluding hydrogens is 204 g/mol. The summed E-state index contributed by atoms with van der Waals surface area (Å²) in [7, 11) is 2.11. The Morgan fingerprint density at radius 1 is 1.31 bits per heavy atom. The van der Waals surface area contributed by atoms with Crippen LogP contribution in [0.5, 0.6) is 0 Å². The van der Waals surface area contributed by atoms with Gasteiger partial charge in [-0.2, -0.15) is 0 Å². The van der Waals surface area contributed by atoms with Crippen LogP contribution in [0.4, 0.5) is 0 Å². The van der Waals surface area contributed by atoms with Gasteiger partial charge < -0.3 is 10.2 Å². The highest BCUT2D eigenvalue weighted by molar-refractivity contribution is 5.79. The highest BCUT2D eigenvalue weighted by Crippen LogP contribution is 2.15. The number of carbonyl (C=O) groups is 1. The van der Waals surface area contributed by atoms with Crippen molar-refractivity contribution in [2.24, 2.45) is 5.92 Å². The van der Waals surface area contributed by atoms with Gasteiger partial charge in [0, 0.05) is 32.2 Å². The number of hydrazine groups is 1. The molecule has 92 valence electrons. The van der Waals surface area contributed by atoms with Crippen molar-refractivity contribution in [3.05, 3.63) is 0 Å². The van der Waals surface area contributed by atoms with Crippen molar-refractivity contribution in [2.75, 3.05) is 39.8 Å². The number of hydrogen-bond acceptors (Lipinski definition) is 4. The van der Waals surface area contributed by atoms with Gasteiger partial charge in [-0.25, -0.2) is 5.01 Å². The molecule has 5 heteroatoms. The van der Waals surface area contributed by atoms with E-state index in [4.69, 9.17) is 0 Å². The van der Waals surface area contributed by atoms with Gasteiger partial charge >= 0.3 is 0 Å². The van der Waals surface area contributed by atoms with E-state index in [-0.39, 0.29) is 11.8 Å². The molecule has 0 bridgehead atoms. The number of amides is 1. The predicted octanol–water partition coefficient (Wildman–Crippen LogP) is -0.737. The maximum Gasteiger partial charge on any atom is 0.238 e. The molecule has 16 heavy (non-hydrogen) atoms. The number of piperazine rings is 1. The summed E-state index contributed by atoms with van der Waals surface area (Å²) in [4.78, 5) is 14.3. The Kier molecular flexibility index (Phi) is 3.78. The van der Waals surface area contributed by atoms with Crippen LogP contribution >= 0.6 is 0 Å². The summed E-state index contributed by atoms with van der Waals surface area (Å²) in [6.07, 6.45) is 0.959. The third kappa shape index (κ3) is 2.72. The largest absolute Gasteiger partial charge is 0.313 e. The fraction of sp³-hybridized carbons (Fsp3) is 0.909. The Bertz CT molecular complexity index is 250. The predicted molar refractivity (Wildman–Crippen MR) is 62.8 cm³/mol. The van der Waals surface area contributed by atoms with Crippen LogP contribution in [0.2, 0.25) is 0 Å². The molecule has 0 spiro atoms. The van der Waals surface area contributed by atoms with Crippen LogP contribution in [0, 0.1) is 5.92 Å². The third-order valence-corrected chi connectivity index (χ3v) is 3.63. The van der Waals surface area contributed by atoms with Gasteiger partial charge in [-0.3, -0.25) is 10.2 Å². The lowest BCUT2D eigenvalue weighted by Gasteiger charge is -2.33. The minimum atomic E-state index is 0.139. The molecule has 2 aliphatic heterocycles. The number of rotatable bonds is 2. The molecule has 2 aliphatic rings. The van der Waals surface area contributed by atoms with Crippen molar-refractivity contribution in [1.29, 1.82) is 0 Å². The zero-order valence-corrected chi connectivity index (χ0v) is 10.2. The van der Waals surface area contributed by atoms with Crippen LogP contribution in [-0.4, -0.2) is 61.6 Å². The first kappa shape index (κ1) is 11.8. The van der Waals surface area contributed by atoms with E-state index in [0.29, 0.717) is 6.04 Å². The number of hydrogen-bond donors (Lipinski definition) is 2. The zero-order valence-electron chi connectivity index (χ0n) is 10.2. The second-order valence-corrected chi connectivity index (χ2v) is 4.90. The molecule has 0 saturated carbocycles. The monoisotopic (exact) mass is 226 g/mol. The molecule has 2 heterocycles. The standard InChI is InChI=1S/C11H22N4O/c1-9-10(3-4-12-9)11(16)13-15-7-5-14(2)6-8-15/h9-10,12H,3-8H2,1-2H3,(H,13,16). The van der Waals surface area contributed by atoms with Crippen LogP contribution in [0.3, 0.4) is 0 Å². The first-order chi connectivity index (χ1) is 7.66. The molecular formula is C11H22N4O. The zero-order chi connectivity index (χ0) is 11.5. The minimum Gasteiger partial charge on any atom is -0.313 e. The van der Waals surface area contributed by atoms with E-state index in [1.807, 2.05) is 5.01 Å². The van der Waals surface area contributed by atoms with E-state index >= 15 is 0 Å². The fourth-order valence-corrected chi connectivity index (χ4v) is 2.37. The SMILES string of the molecule is CC1NCCC1C(=O)NN1CCN(C)CC1. The Morgan fingerprint density at radius 3 is 2.56 bits per heavy atom. The van der Waals surface area contributed by atoms with Crippen molar-refractivity contribution < 1.29 is 4.79 Å². The summed E-state index contributed by atoms with van der Waals surface area (Å²) in [5, 5.41) is 5.36. The molecule has 2 fully saturated rings. The summed E-state index contributed by atoms with van der Waals surface area (Å²) >= 11 is 0. The average molecular weight is 226 g/mol. The van der Waals surface area contributed by atoms with E-state index in [9.17, 15) is 4.79 Å². The lowest BCUT2D eigenvalue weighted by molar-refractivity contribution is -0.130. The van der Waals surface area contributed by atoms with Crippen molar-refractivity contribution in [1.82, 2.24) is 20.7 Å². The van der Waals surface area contributed by atoms with E-state index < -0.39 is 0 Å². The quantitative estimate of drug-likeness (QED) is 0.651. The molecule has 5 nitrogen and oxygen atoms in total. The van der Waals surface area contributed by atoms with Gasteiger partial charge in [-0.15, -0.1) is 0 Å². The number of nitrogens with zero attached hydrogens (tertiary/aromatic N) is 2. The Labute approximate surface area is 97.1 Å². The van der Waals surface area contributed by atoms with Gasteiger partial charge in [0.1, 0.15) is 0 Å². The first-order valence-corrected chi connectivity index (χ1v) is 6.14. The highest BCUT2D eigenvalue weighted by atomic mass is 16.2. The molecule has 2 rings (SSSR count). The first-order valence-electron chi connectivity index (χ1n) is 6.14. The Hall–Kier alpha value is -0.650. The number of carbonyl (C=O) groups excluding carboxylic acids is 1. The van der Waals surface area contributed by atoms with Crippen molar-refractivity contribution in [3.8, 4) is 0 Å². The summed E-state index contributed by atoms with van der Waals surface area (Å²) < 4.78 is 0. The Balaban J connectivity index is 1.78. The van der Waals surface area contributed by atoms with Gasteiger partial charge in [0.15, 0.2) is 0 Å². The highest BCUT2D eigenvalue weighted by Gasteiger charge is 2.30. The maximum atomic E-state index is 12.0. The average Bonchev–Trinajstić information content (AvgIpc) is 2.68. The van der Waals surface area contributed by atoms with Crippen LogP contribution in [0.25, 0.3) is 0 Å². The summed E-state index contributed by atoms with van der Waals surface area (Å²) in [6, 6.07) is 0.312. The molecule has 0 aromatic heterocycles. The van der Waals surface area contributed by atoms with Crippen molar-refractivity contribution >= 4 is 5.91 Å². The van der Waals surface area contributed by atoms with Crippen LogP contribution in [-0.2, 0) is 4.79 Å². The molecule has 2 unspecified atom stereocenters. The van der Waals surface area contributed by atoms with Crippen LogP contribution in [0.15, 0.2) is 0 Å². The smallest absolute Gasteiger partial charge is 0.238 e. The summed E-state index contributed by atoms with van der Waals surface area (Å²) in [6.45, 7) is 6.95. The third-order valence-electron chi connectivity index (χ3n) is 3.63. The van der Waals surface area contributed by atoms with E-state index in [1.54, 1.807) is 0 Å². The molecule has 0 aromatic carbocycles. The maximum absolute atomic E-state index is 12.0. The second kappa shape index (κ2) is 5.12. The molecule has 1 amide bonds. The Morgan fingerprint density at radius 2 is 2.00 bits per heavy atom. The van der Waals surface area contributed by atoms with Crippen molar-refractivity contribution in [3.63, 3.8) is 0 Å². The molecule has 0 radical (unpaired) electrons. The molecule has 0 aromatic rings. The number of nitrogens with one attached hydrogen (secondary N) is 2. The van der Waals surface area contributed by atoms with Gasteiger partial charge in [-0.1, -0.05) is 0 Å². The van der Waals surface area contributed by atoms with Crippen molar-refractivity contribution in [2.45, 2.75) is 19.4 Å². The van der Waals surface area contributed by atoms with Gasteiger partial charge in [0.25, 0.3) is 0 Å².